The standard InChI is InChI=1S/C15H13I2NO3/c1-20-12-4-3-5-13(21-2)14(12)15(19)18-11-7-6-9(16)8-10(11)17/h3-8H,1-2H3,(H,18,19). The summed E-state index contributed by atoms with van der Waals surface area (Å²) in [6, 6.07) is 11.1. The molecular formula is C15H13I2NO3. The molecule has 2 aromatic carbocycles. The summed E-state index contributed by atoms with van der Waals surface area (Å²) in [6.07, 6.45) is 0. The number of nitrogens with one attached hydrogen (secondary N) is 1. The number of hydrogen-bond acceptors (Lipinski definition) is 3. The molecular weight excluding hydrogens is 496 g/mol. The molecule has 6 heteroatoms. The van der Waals surface area contributed by atoms with Crippen LogP contribution in [0.25, 0.3) is 0 Å². The predicted octanol–water partition coefficient (Wildman–Crippen LogP) is 4.17. The molecule has 0 aromatic heterocycles. The quantitative estimate of drug-likeness (QED) is 0.631. The van der Waals surface area contributed by atoms with Gasteiger partial charge in [0.05, 0.1) is 19.9 Å². The van der Waals surface area contributed by atoms with Gasteiger partial charge in [-0.25, -0.2) is 0 Å². The second-order valence-electron chi connectivity index (χ2n) is 4.12. The van der Waals surface area contributed by atoms with Gasteiger partial charge in [0.25, 0.3) is 5.91 Å². The Labute approximate surface area is 150 Å². The molecule has 0 aliphatic heterocycles. The first-order chi connectivity index (χ1) is 10.1. The number of ether oxygens (including phenoxy) is 2. The third-order valence-electron chi connectivity index (χ3n) is 2.83. The molecule has 0 atom stereocenters. The number of hydrogen-bond donors (Lipinski definition) is 1. The Morgan fingerprint density at radius 1 is 1.05 bits per heavy atom. The first-order valence-corrected chi connectivity index (χ1v) is 8.20. The van der Waals surface area contributed by atoms with Gasteiger partial charge in [-0.15, -0.1) is 0 Å². The predicted molar refractivity (Wildman–Crippen MR) is 99.4 cm³/mol. The number of carbonyl (C=O) groups excluding carboxylic acids is 1. The summed E-state index contributed by atoms with van der Waals surface area (Å²) >= 11 is 4.43. The Bertz CT molecular complexity index is 652. The Kier molecular flexibility index (Phi) is 5.68. The Morgan fingerprint density at radius 3 is 2.19 bits per heavy atom. The Hall–Kier alpha value is -1.03. The Balaban J connectivity index is 2.36. The average molecular weight is 509 g/mol. The van der Waals surface area contributed by atoms with Gasteiger partial charge in [0.2, 0.25) is 0 Å². The lowest BCUT2D eigenvalue weighted by Gasteiger charge is -2.13. The van der Waals surface area contributed by atoms with Crippen molar-refractivity contribution in [2.45, 2.75) is 0 Å². The van der Waals surface area contributed by atoms with Crippen LogP contribution >= 0.6 is 45.2 Å². The van der Waals surface area contributed by atoms with E-state index in [0.717, 1.165) is 12.8 Å². The molecule has 1 N–H and O–H groups in total. The third-order valence-corrected chi connectivity index (χ3v) is 4.40. The second-order valence-corrected chi connectivity index (χ2v) is 6.52. The lowest BCUT2D eigenvalue weighted by Crippen LogP contribution is -2.15. The van der Waals surface area contributed by atoms with Gasteiger partial charge in [0.15, 0.2) is 0 Å². The fraction of sp³-hybridized carbons (Fsp3) is 0.133. The normalized spacial score (nSPS) is 10.1. The monoisotopic (exact) mass is 509 g/mol. The number of halogens is 2. The van der Waals surface area contributed by atoms with Gasteiger partial charge in [-0.1, -0.05) is 6.07 Å². The van der Waals surface area contributed by atoms with Crippen molar-refractivity contribution >= 4 is 56.8 Å². The number of amides is 1. The van der Waals surface area contributed by atoms with E-state index in [9.17, 15) is 4.79 Å². The van der Waals surface area contributed by atoms with E-state index in [1.165, 1.54) is 14.2 Å². The molecule has 0 saturated carbocycles. The number of rotatable bonds is 4. The van der Waals surface area contributed by atoms with Crippen molar-refractivity contribution in [3.63, 3.8) is 0 Å². The fourth-order valence-corrected chi connectivity index (χ4v) is 3.59. The molecule has 0 fully saturated rings. The maximum Gasteiger partial charge on any atom is 0.263 e. The molecule has 0 heterocycles. The smallest absolute Gasteiger partial charge is 0.263 e. The lowest BCUT2D eigenvalue weighted by atomic mass is 10.1. The fourth-order valence-electron chi connectivity index (χ4n) is 1.85. The van der Waals surface area contributed by atoms with Gasteiger partial charge >= 0.3 is 0 Å². The number of benzene rings is 2. The molecule has 2 rings (SSSR count). The minimum Gasteiger partial charge on any atom is -0.496 e. The van der Waals surface area contributed by atoms with E-state index >= 15 is 0 Å². The van der Waals surface area contributed by atoms with Crippen LogP contribution in [0.3, 0.4) is 0 Å². The van der Waals surface area contributed by atoms with Gasteiger partial charge in [-0.3, -0.25) is 4.79 Å². The molecule has 0 radical (unpaired) electrons. The minimum atomic E-state index is -0.261. The maximum absolute atomic E-state index is 12.5. The topological polar surface area (TPSA) is 47.6 Å². The molecule has 110 valence electrons. The number of methoxy groups -OCH3 is 2. The summed E-state index contributed by atoms with van der Waals surface area (Å²) in [5, 5.41) is 2.89. The third kappa shape index (κ3) is 3.79. The highest BCUT2D eigenvalue weighted by Gasteiger charge is 2.18. The van der Waals surface area contributed by atoms with Crippen LogP contribution in [0.1, 0.15) is 10.4 Å². The van der Waals surface area contributed by atoms with Crippen LogP contribution in [0.5, 0.6) is 11.5 Å². The van der Waals surface area contributed by atoms with Gasteiger partial charge in [0.1, 0.15) is 17.1 Å². The number of carbonyl (C=O) groups is 1. The van der Waals surface area contributed by atoms with Crippen molar-refractivity contribution in [1.82, 2.24) is 0 Å². The summed E-state index contributed by atoms with van der Waals surface area (Å²) in [5.41, 5.74) is 1.14. The molecule has 0 aliphatic rings. The molecule has 0 aliphatic carbocycles. The van der Waals surface area contributed by atoms with Crippen LogP contribution in [0, 0.1) is 7.14 Å². The first-order valence-electron chi connectivity index (χ1n) is 6.04. The average Bonchev–Trinajstić information content (AvgIpc) is 2.49. The second kappa shape index (κ2) is 7.30. The van der Waals surface area contributed by atoms with Crippen LogP contribution in [0.2, 0.25) is 0 Å². The highest BCUT2D eigenvalue weighted by atomic mass is 127. The van der Waals surface area contributed by atoms with Crippen molar-refractivity contribution < 1.29 is 14.3 Å². The van der Waals surface area contributed by atoms with Crippen molar-refractivity contribution in [2.75, 3.05) is 19.5 Å². The molecule has 0 spiro atoms. The first kappa shape index (κ1) is 16.3. The van der Waals surface area contributed by atoms with Gasteiger partial charge < -0.3 is 14.8 Å². The highest BCUT2D eigenvalue weighted by molar-refractivity contribution is 14.1. The van der Waals surface area contributed by atoms with Crippen LogP contribution in [0.4, 0.5) is 5.69 Å². The van der Waals surface area contributed by atoms with Crippen LogP contribution < -0.4 is 14.8 Å². The number of anilines is 1. The van der Waals surface area contributed by atoms with E-state index in [2.05, 4.69) is 50.5 Å². The van der Waals surface area contributed by atoms with E-state index in [1.54, 1.807) is 18.2 Å². The van der Waals surface area contributed by atoms with Crippen molar-refractivity contribution in [2.24, 2.45) is 0 Å². The molecule has 4 nitrogen and oxygen atoms in total. The molecule has 21 heavy (non-hydrogen) atoms. The van der Waals surface area contributed by atoms with Crippen molar-refractivity contribution in [1.29, 1.82) is 0 Å². The molecule has 1 amide bonds. The van der Waals surface area contributed by atoms with Crippen molar-refractivity contribution in [3.05, 3.63) is 49.1 Å². The molecule has 0 unspecified atom stereocenters. The van der Waals surface area contributed by atoms with Gasteiger partial charge in [-0.2, -0.15) is 0 Å². The van der Waals surface area contributed by atoms with E-state index < -0.39 is 0 Å². The van der Waals surface area contributed by atoms with Crippen LogP contribution in [-0.4, -0.2) is 20.1 Å². The van der Waals surface area contributed by atoms with Crippen LogP contribution in [-0.2, 0) is 0 Å². The maximum atomic E-state index is 12.5. The van der Waals surface area contributed by atoms with E-state index in [4.69, 9.17) is 9.47 Å². The zero-order chi connectivity index (χ0) is 15.4. The summed E-state index contributed by atoms with van der Waals surface area (Å²) in [4.78, 5) is 12.5. The summed E-state index contributed by atoms with van der Waals surface area (Å²) in [5.74, 6) is 0.697. The van der Waals surface area contributed by atoms with Crippen molar-refractivity contribution in [3.8, 4) is 11.5 Å². The lowest BCUT2D eigenvalue weighted by molar-refractivity contribution is 0.102. The van der Waals surface area contributed by atoms with Gasteiger partial charge in [-0.05, 0) is 75.5 Å². The molecule has 0 saturated heterocycles. The van der Waals surface area contributed by atoms with Crippen LogP contribution in [0.15, 0.2) is 36.4 Å². The summed E-state index contributed by atoms with van der Waals surface area (Å²) < 4.78 is 12.6. The zero-order valence-electron chi connectivity index (χ0n) is 11.4. The Morgan fingerprint density at radius 2 is 1.67 bits per heavy atom. The van der Waals surface area contributed by atoms with E-state index in [0.29, 0.717) is 17.1 Å². The van der Waals surface area contributed by atoms with E-state index in [-0.39, 0.29) is 5.91 Å². The minimum absolute atomic E-state index is 0.261. The highest BCUT2D eigenvalue weighted by Crippen LogP contribution is 2.30. The summed E-state index contributed by atoms with van der Waals surface area (Å²) in [7, 11) is 3.06. The summed E-state index contributed by atoms with van der Waals surface area (Å²) in [6.45, 7) is 0. The molecule has 2 aromatic rings. The van der Waals surface area contributed by atoms with Gasteiger partial charge in [0, 0.05) is 7.14 Å². The SMILES string of the molecule is COc1cccc(OC)c1C(=O)Nc1ccc(I)cc1I. The largest absolute Gasteiger partial charge is 0.496 e. The molecule has 0 bridgehead atoms. The van der Waals surface area contributed by atoms with E-state index in [1.807, 2.05) is 18.2 Å². The zero-order valence-corrected chi connectivity index (χ0v) is 15.8.